The fourth-order valence-corrected chi connectivity index (χ4v) is 3.76. The molecule has 144 valence electrons. The number of carbonyl (C=O) groups is 1. The summed E-state index contributed by atoms with van der Waals surface area (Å²) in [6, 6.07) is 13.9. The van der Waals surface area contributed by atoms with Crippen molar-refractivity contribution >= 4 is 5.91 Å². The van der Waals surface area contributed by atoms with Crippen LogP contribution in [-0.2, 0) is 6.54 Å². The number of benzene rings is 1. The van der Waals surface area contributed by atoms with E-state index in [9.17, 15) is 4.79 Å². The summed E-state index contributed by atoms with van der Waals surface area (Å²) >= 11 is 0. The van der Waals surface area contributed by atoms with Crippen molar-refractivity contribution in [2.75, 3.05) is 13.1 Å². The molecule has 3 aromatic rings. The molecule has 28 heavy (non-hydrogen) atoms. The number of nitrogens with one attached hydrogen (secondary N) is 2. The van der Waals surface area contributed by atoms with E-state index in [1.165, 1.54) is 5.56 Å². The van der Waals surface area contributed by atoms with Crippen LogP contribution in [0.3, 0.4) is 0 Å². The second-order valence-electron chi connectivity index (χ2n) is 7.22. The van der Waals surface area contributed by atoms with Crippen molar-refractivity contribution in [3.63, 3.8) is 0 Å². The SMILES string of the molecule is Cc1cccc(-n2ncc(C(=O)NCc3ccccn3)c2C2CCNCC2)c1. The van der Waals surface area contributed by atoms with E-state index < -0.39 is 0 Å². The highest BCUT2D eigenvalue weighted by atomic mass is 16.1. The molecule has 2 N–H and O–H groups in total. The first kappa shape index (κ1) is 18.4. The molecular weight excluding hydrogens is 350 g/mol. The molecule has 1 fully saturated rings. The zero-order valence-electron chi connectivity index (χ0n) is 16.1. The van der Waals surface area contributed by atoms with Gasteiger partial charge in [0.1, 0.15) is 0 Å². The zero-order chi connectivity index (χ0) is 19.3. The molecule has 2 aromatic heterocycles. The van der Waals surface area contributed by atoms with Crippen LogP contribution >= 0.6 is 0 Å². The maximum absolute atomic E-state index is 13.0. The van der Waals surface area contributed by atoms with E-state index in [2.05, 4.69) is 39.8 Å². The van der Waals surface area contributed by atoms with Crippen LogP contribution in [0.5, 0.6) is 0 Å². The first-order valence-electron chi connectivity index (χ1n) is 9.76. The van der Waals surface area contributed by atoms with Gasteiger partial charge < -0.3 is 10.6 Å². The molecule has 6 heteroatoms. The second-order valence-corrected chi connectivity index (χ2v) is 7.22. The molecule has 0 aliphatic carbocycles. The lowest BCUT2D eigenvalue weighted by molar-refractivity contribution is 0.0948. The Morgan fingerprint density at radius 2 is 2.07 bits per heavy atom. The Labute approximate surface area is 165 Å². The minimum atomic E-state index is -0.0990. The Hall–Kier alpha value is -2.99. The van der Waals surface area contributed by atoms with Crippen LogP contribution in [0.15, 0.2) is 54.9 Å². The number of carbonyl (C=O) groups excluding carboxylic acids is 1. The van der Waals surface area contributed by atoms with Crippen LogP contribution in [0.2, 0.25) is 0 Å². The maximum Gasteiger partial charge on any atom is 0.255 e. The Balaban J connectivity index is 1.65. The lowest BCUT2D eigenvalue weighted by Gasteiger charge is -2.24. The third kappa shape index (κ3) is 3.97. The van der Waals surface area contributed by atoms with Crippen molar-refractivity contribution in [2.24, 2.45) is 0 Å². The molecule has 0 saturated carbocycles. The normalized spacial score (nSPS) is 14.8. The topological polar surface area (TPSA) is 71.8 Å². The van der Waals surface area contributed by atoms with Gasteiger partial charge in [-0.3, -0.25) is 9.78 Å². The quantitative estimate of drug-likeness (QED) is 0.719. The molecule has 0 unspecified atom stereocenters. The highest BCUT2D eigenvalue weighted by molar-refractivity contribution is 5.95. The highest BCUT2D eigenvalue weighted by Crippen LogP contribution is 2.30. The van der Waals surface area contributed by atoms with Gasteiger partial charge in [-0.25, -0.2) is 4.68 Å². The van der Waals surface area contributed by atoms with Crippen molar-refractivity contribution in [3.8, 4) is 5.69 Å². The lowest BCUT2D eigenvalue weighted by Crippen LogP contribution is -2.30. The summed E-state index contributed by atoms with van der Waals surface area (Å²) in [6.45, 7) is 4.38. The number of hydrogen-bond acceptors (Lipinski definition) is 4. The minimum Gasteiger partial charge on any atom is -0.346 e. The summed E-state index contributed by atoms with van der Waals surface area (Å²) < 4.78 is 1.94. The summed E-state index contributed by atoms with van der Waals surface area (Å²) in [6.07, 6.45) is 5.43. The lowest BCUT2D eigenvalue weighted by atomic mass is 9.91. The Kier molecular flexibility index (Phi) is 5.48. The van der Waals surface area contributed by atoms with Crippen LogP contribution < -0.4 is 10.6 Å². The molecule has 1 aromatic carbocycles. The van der Waals surface area contributed by atoms with Crippen LogP contribution in [0.4, 0.5) is 0 Å². The number of rotatable bonds is 5. The number of aromatic nitrogens is 3. The molecule has 6 nitrogen and oxygen atoms in total. The number of aryl methyl sites for hydroxylation is 1. The summed E-state index contributed by atoms with van der Waals surface area (Å²) in [5.74, 6) is 0.206. The minimum absolute atomic E-state index is 0.0990. The number of pyridine rings is 1. The van der Waals surface area contributed by atoms with E-state index in [0.717, 1.165) is 43.0 Å². The zero-order valence-corrected chi connectivity index (χ0v) is 16.1. The van der Waals surface area contributed by atoms with E-state index in [0.29, 0.717) is 18.0 Å². The molecule has 0 radical (unpaired) electrons. The predicted octanol–water partition coefficient (Wildman–Crippen LogP) is 2.97. The van der Waals surface area contributed by atoms with Crippen molar-refractivity contribution in [3.05, 3.63) is 77.4 Å². The van der Waals surface area contributed by atoms with Gasteiger partial charge in [-0.05, 0) is 62.7 Å². The van der Waals surface area contributed by atoms with Gasteiger partial charge in [0, 0.05) is 12.1 Å². The van der Waals surface area contributed by atoms with E-state index in [4.69, 9.17) is 0 Å². The predicted molar refractivity (Wildman–Crippen MR) is 109 cm³/mol. The van der Waals surface area contributed by atoms with Gasteiger partial charge >= 0.3 is 0 Å². The largest absolute Gasteiger partial charge is 0.346 e. The fourth-order valence-electron chi connectivity index (χ4n) is 3.76. The summed E-state index contributed by atoms with van der Waals surface area (Å²) in [5, 5.41) is 11.0. The number of amides is 1. The van der Waals surface area contributed by atoms with Gasteiger partial charge in [0.25, 0.3) is 5.91 Å². The van der Waals surface area contributed by atoms with Gasteiger partial charge in [-0.15, -0.1) is 0 Å². The Bertz CT molecular complexity index is 945. The molecule has 1 aliphatic heterocycles. The van der Waals surface area contributed by atoms with Gasteiger partial charge in [0.15, 0.2) is 0 Å². The van der Waals surface area contributed by atoms with Gasteiger partial charge in [0.05, 0.1) is 35.4 Å². The van der Waals surface area contributed by atoms with Gasteiger partial charge in [0.2, 0.25) is 0 Å². The van der Waals surface area contributed by atoms with Crippen molar-refractivity contribution in [1.29, 1.82) is 0 Å². The van der Waals surface area contributed by atoms with E-state index in [1.807, 2.05) is 35.0 Å². The standard InChI is InChI=1S/C22H25N5O/c1-16-5-4-7-19(13-16)27-21(17-8-11-23-12-9-17)20(15-26-27)22(28)25-14-18-6-2-3-10-24-18/h2-7,10,13,15,17,23H,8-9,11-12,14H2,1H3,(H,25,28). The Morgan fingerprint density at radius 1 is 1.21 bits per heavy atom. The van der Waals surface area contributed by atoms with E-state index in [1.54, 1.807) is 12.4 Å². The first-order valence-corrected chi connectivity index (χ1v) is 9.76. The van der Waals surface area contributed by atoms with E-state index >= 15 is 0 Å². The highest BCUT2D eigenvalue weighted by Gasteiger charge is 2.27. The summed E-state index contributed by atoms with van der Waals surface area (Å²) in [4.78, 5) is 17.3. The number of hydrogen-bond donors (Lipinski definition) is 2. The third-order valence-electron chi connectivity index (χ3n) is 5.18. The average molecular weight is 375 g/mol. The molecule has 0 spiro atoms. The van der Waals surface area contributed by atoms with Crippen LogP contribution in [-0.4, -0.2) is 33.8 Å². The van der Waals surface area contributed by atoms with Crippen LogP contribution in [0, 0.1) is 6.92 Å². The average Bonchev–Trinajstić information content (AvgIpc) is 3.19. The smallest absolute Gasteiger partial charge is 0.255 e. The second kappa shape index (κ2) is 8.35. The summed E-state index contributed by atoms with van der Waals surface area (Å²) in [5.41, 5.74) is 4.67. The molecule has 1 amide bonds. The van der Waals surface area contributed by atoms with Crippen LogP contribution in [0.1, 0.15) is 46.1 Å². The molecule has 3 heterocycles. The fraction of sp³-hybridized carbons (Fsp3) is 0.318. The van der Waals surface area contributed by atoms with E-state index in [-0.39, 0.29) is 5.91 Å². The van der Waals surface area contributed by atoms with Gasteiger partial charge in [-0.1, -0.05) is 18.2 Å². The van der Waals surface area contributed by atoms with Crippen LogP contribution in [0.25, 0.3) is 5.69 Å². The summed E-state index contributed by atoms with van der Waals surface area (Å²) in [7, 11) is 0. The van der Waals surface area contributed by atoms with Gasteiger partial charge in [-0.2, -0.15) is 5.10 Å². The monoisotopic (exact) mass is 375 g/mol. The molecule has 1 aliphatic rings. The van der Waals surface area contributed by atoms with Crippen molar-refractivity contribution in [2.45, 2.75) is 32.2 Å². The third-order valence-corrected chi connectivity index (χ3v) is 5.18. The van der Waals surface area contributed by atoms with Crippen molar-refractivity contribution < 1.29 is 4.79 Å². The molecule has 4 rings (SSSR count). The molecular formula is C22H25N5O. The molecule has 0 atom stereocenters. The first-order chi connectivity index (χ1) is 13.7. The maximum atomic E-state index is 13.0. The molecule has 0 bridgehead atoms. The number of piperidine rings is 1. The molecule has 1 saturated heterocycles. The van der Waals surface area contributed by atoms with Crippen molar-refractivity contribution in [1.82, 2.24) is 25.4 Å². The Morgan fingerprint density at radius 3 is 2.82 bits per heavy atom. The number of nitrogens with zero attached hydrogens (tertiary/aromatic N) is 3.